The van der Waals surface area contributed by atoms with Crippen LogP contribution in [-0.2, 0) is 11.3 Å². The number of benzene rings is 1. The lowest BCUT2D eigenvalue weighted by Gasteiger charge is -2.18. The summed E-state index contributed by atoms with van der Waals surface area (Å²) in [6.45, 7) is 16.7. The highest BCUT2D eigenvalue weighted by atomic mass is 16.5. The summed E-state index contributed by atoms with van der Waals surface area (Å²) in [6, 6.07) is 6.37. The minimum atomic E-state index is 0.497. The molecule has 2 rings (SSSR count). The lowest BCUT2D eigenvalue weighted by atomic mass is 10.1. The molecule has 0 spiro atoms. The van der Waals surface area contributed by atoms with Crippen molar-refractivity contribution >= 4 is 5.96 Å². The van der Waals surface area contributed by atoms with E-state index < -0.39 is 0 Å². The second kappa shape index (κ2) is 13.4. The van der Waals surface area contributed by atoms with E-state index >= 15 is 0 Å². The molecule has 1 atom stereocenters. The van der Waals surface area contributed by atoms with Gasteiger partial charge in [0.2, 0.25) is 0 Å². The van der Waals surface area contributed by atoms with Crippen molar-refractivity contribution in [2.45, 2.75) is 47.1 Å². The summed E-state index contributed by atoms with van der Waals surface area (Å²) < 4.78 is 11.6. The van der Waals surface area contributed by atoms with Crippen molar-refractivity contribution in [2.24, 2.45) is 10.9 Å². The molecule has 29 heavy (non-hydrogen) atoms. The smallest absolute Gasteiger partial charge is 0.191 e. The molecule has 164 valence electrons. The molecule has 0 radical (unpaired) electrons. The van der Waals surface area contributed by atoms with Crippen LogP contribution < -0.4 is 15.4 Å². The van der Waals surface area contributed by atoms with Gasteiger partial charge in [-0.2, -0.15) is 0 Å². The Bertz CT molecular complexity index is 611. The predicted molar refractivity (Wildman–Crippen MR) is 121 cm³/mol. The number of rotatable bonds is 12. The third kappa shape index (κ3) is 8.62. The Kier molecular flexibility index (Phi) is 10.9. The van der Waals surface area contributed by atoms with Crippen LogP contribution >= 0.6 is 0 Å². The first-order valence-corrected chi connectivity index (χ1v) is 11.2. The molecular weight excluding hydrogens is 364 g/mol. The lowest BCUT2D eigenvalue weighted by Crippen LogP contribution is -2.38. The Morgan fingerprint density at radius 2 is 2.07 bits per heavy atom. The minimum Gasteiger partial charge on any atom is -0.493 e. The van der Waals surface area contributed by atoms with Crippen LogP contribution in [0.1, 0.15) is 44.7 Å². The molecule has 0 bridgehead atoms. The summed E-state index contributed by atoms with van der Waals surface area (Å²) in [7, 11) is 0. The summed E-state index contributed by atoms with van der Waals surface area (Å²) in [6.07, 6.45) is 2.19. The van der Waals surface area contributed by atoms with Crippen molar-refractivity contribution in [1.82, 2.24) is 15.5 Å². The van der Waals surface area contributed by atoms with Gasteiger partial charge in [-0.1, -0.05) is 26.0 Å². The van der Waals surface area contributed by atoms with Gasteiger partial charge in [0.15, 0.2) is 5.96 Å². The van der Waals surface area contributed by atoms with Crippen LogP contribution in [-0.4, -0.2) is 63.4 Å². The van der Waals surface area contributed by atoms with Gasteiger partial charge in [-0.15, -0.1) is 0 Å². The summed E-state index contributed by atoms with van der Waals surface area (Å²) in [5.41, 5.74) is 2.33. The molecule has 1 unspecified atom stereocenters. The predicted octanol–water partition coefficient (Wildman–Crippen LogP) is 3.20. The third-order valence-electron chi connectivity index (χ3n) is 5.31. The zero-order valence-electron chi connectivity index (χ0n) is 18.8. The maximum absolute atomic E-state index is 6.15. The van der Waals surface area contributed by atoms with E-state index in [1.54, 1.807) is 0 Å². The molecule has 0 saturated carbocycles. The fourth-order valence-corrected chi connectivity index (χ4v) is 3.40. The van der Waals surface area contributed by atoms with Gasteiger partial charge in [-0.3, -0.25) is 0 Å². The quantitative estimate of drug-likeness (QED) is 0.318. The average molecular weight is 405 g/mol. The highest BCUT2D eigenvalue weighted by Gasteiger charge is 2.17. The molecule has 1 aromatic rings. The van der Waals surface area contributed by atoms with E-state index in [1.165, 1.54) is 5.56 Å². The number of aliphatic imine (C=N–C) groups is 1. The first kappa shape index (κ1) is 23.5. The lowest BCUT2D eigenvalue weighted by molar-refractivity contribution is 0.166. The van der Waals surface area contributed by atoms with Gasteiger partial charge < -0.3 is 25.0 Å². The molecule has 0 amide bonds. The van der Waals surface area contributed by atoms with Gasteiger partial charge in [0.25, 0.3) is 0 Å². The van der Waals surface area contributed by atoms with Gasteiger partial charge in [0.05, 0.1) is 19.8 Å². The third-order valence-corrected chi connectivity index (χ3v) is 5.31. The standard InChI is InChI=1S/C23H40N4O2/c1-5-24-23(25-12-8-13-27(6-2)7-3)26-16-21-10-9-19(4)15-22(21)29-18-20-11-14-28-17-20/h9-10,15,20H,5-8,11-14,16-18H2,1-4H3,(H2,24,25,26). The van der Waals surface area contributed by atoms with E-state index in [-0.39, 0.29) is 0 Å². The Balaban J connectivity index is 1.91. The number of nitrogens with zero attached hydrogens (tertiary/aromatic N) is 2. The number of hydrogen-bond acceptors (Lipinski definition) is 4. The van der Waals surface area contributed by atoms with Gasteiger partial charge in [-0.25, -0.2) is 4.99 Å². The number of nitrogens with one attached hydrogen (secondary N) is 2. The van der Waals surface area contributed by atoms with Crippen LogP contribution in [0.3, 0.4) is 0 Å². The van der Waals surface area contributed by atoms with Crippen LogP contribution in [0.4, 0.5) is 0 Å². The van der Waals surface area contributed by atoms with E-state index in [0.717, 1.165) is 76.1 Å². The molecule has 6 nitrogen and oxygen atoms in total. The molecular formula is C23H40N4O2. The second-order valence-corrected chi connectivity index (χ2v) is 7.65. The molecule has 1 fully saturated rings. The Labute approximate surface area is 177 Å². The van der Waals surface area contributed by atoms with Crippen LogP contribution in [0, 0.1) is 12.8 Å². The number of hydrogen-bond donors (Lipinski definition) is 2. The number of ether oxygens (including phenoxy) is 2. The molecule has 1 aliphatic heterocycles. The second-order valence-electron chi connectivity index (χ2n) is 7.65. The van der Waals surface area contributed by atoms with Crippen molar-refractivity contribution in [1.29, 1.82) is 0 Å². The highest BCUT2D eigenvalue weighted by Crippen LogP contribution is 2.23. The normalized spacial score (nSPS) is 17.0. The monoisotopic (exact) mass is 404 g/mol. The van der Waals surface area contributed by atoms with Crippen molar-refractivity contribution in [3.63, 3.8) is 0 Å². The topological polar surface area (TPSA) is 58.1 Å². The summed E-state index contributed by atoms with van der Waals surface area (Å²) >= 11 is 0. The first-order valence-electron chi connectivity index (χ1n) is 11.2. The van der Waals surface area contributed by atoms with Gasteiger partial charge in [0, 0.05) is 31.2 Å². The Hall–Kier alpha value is -1.79. The first-order chi connectivity index (χ1) is 14.2. The summed E-state index contributed by atoms with van der Waals surface area (Å²) in [5, 5.41) is 6.80. The van der Waals surface area contributed by atoms with Gasteiger partial charge >= 0.3 is 0 Å². The zero-order chi connectivity index (χ0) is 20.9. The fraction of sp³-hybridized carbons (Fsp3) is 0.696. The average Bonchev–Trinajstić information content (AvgIpc) is 3.25. The molecule has 1 saturated heterocycles. The largest absolute Gasteiger partial charge is 0.493 e. The molecule has 1 aliphatic rings. The molecule has 0 aromatic heterocycles. The van der Waals surface area contributed by atoms with E-state index in [4.69, 9.17) is 14.5 Å². The van der Waals surface area contributed by atoms with E-state index in [0.29, 0.717) is 19.1 Å². The van der Waals surface area contributed by atoms with Crippen LogP contribution in [0.5, 0.6) is 5.75 Å². The zero-order valence-corrected chi connectivity index (χ0v) is 18.8. The van der Waals surface area contributed by atoms with Crippen LogP contribution in [0.25, 0.3) is 0 Å². The SMILES string of the molecule is CCNC(=NCc1ccc(C)cc1OCC1CCOC1)NCCCN(CC)CC. The van der Waals surface area contributed by atoms with Crippen molar-refractivity contribution < 1.29 is 9.47 Å². The Morgan fingerprint density at radius 3 is 2.76 bits per heavy atom. The molecule has 1 heterocycles. The fourth-order valence-electron chi connectivity index (χ4n) is 3.40. The van der Waals surface area contributed by atoms with Crippen LogP contribution in [0.15, 0.2) is 23.2 Å². The Morgan fingerprint density at radius 1 is 1.24 bits per heavy atom. The van der Waals surface area contributed by atoms with E-state index in [9.17, 15) is 0 Å². The summed E-state index contributed by atoms with van der Waals surface area (Å²) in [5.74, 6) is 2.30. The van der Waals surface area contributed by atoms with Crippen LogP contribution in [0.2, 0.25) is 0 Å². The molecule has 2 N–H and O–H groups in total. The summed E-state index contributed by atoms with van der Waals surface area (Å²) in [4.78, 5) is 7.23. The van der Waals surface area contributed by atoms with Gasteiger partial charge in [-0.05, 0) is 58.0 Å². The van der Waals surface area contributed by atoms with Gasteiger partial charge in [0.1, 0.15) is 5.75 Å². The number of aryl methyl sites for hydroxylation is 1. The molecule has 0 aliphatic carbocycles. The minimum absolute atomic E-state index is 0.497. The van der Waals surface area contributed by atoms with E-state index in [2.05, 4.69) is 61.4 Å². The van der Waals surface area contributed by atoms with Crippen molar-refractivity contribution in [3.05, 3.63) is 29.3 Å². The molecule has 6 heteroatoms. The van der Waals surface area contributed by atoms with Crippen molar-refractivity contribution in [2.75, 3.05) is 52.5 Å². The van der Waals surface area contributed by atoms with E-state index in [1.807, 2.05) is 0 Å². The molecule has 1 aromatic carbocycles. The highest BCUT2D eigenvalue weighted by molar-refractivity contribution is 5.79. The maximum atomic E-state index is 6.15. The number of guanidine groups is 1. The van der Waals surface area contributed by atoms with Crippen molar-refractivity contribution in [3.8, 4) is 5.75 Å². The maximum Gasteiger partial charge on any atom is 0.191 e.